The summed E-state index contributed by atoms with van der Waals surface area (Å²) in [5.41, 5.74) is 2.36. The van der Waals surface area contributed by atoms with Gasteiger partial charge in [-0.3, -0.25) is 4.90 Å². The number of hydrogen-bond donors (Lipinski definition) is 1. The number of nitrogens with zero attached hydrogens (tertiary/aromatic N) is 1. The first-order valence-electron chi connectivity index (χ1n) is 7.55. The highest BCUT2D eigenvalue weighted by Gasteiger charge is 2.45. The summed E-state index contributed by atoms with van der Waals surface area (Å²) in [6.07, 6.45) is 2.58. The van der Waals surface area contributed by atoms with Crippen molar-refractivity contribution in [1.82, 2.24) is 4.90 Å². The van der Waals surface area contributed by atoms with Crippen LogP contribution in [0, 0.1) is 0 Å². The fourth-order valence-electron chi connectivity index (χ4n) is 3.92. The molecule has 2 unspecified atom stereocenters. The highest BCUT2D eigenvalue weighted by molar-refractivity contribution is 5.36. The lowest BCUT2D eigenvalue weighted by Crippen LogP contribution is -2.53. The summed E-state index contributed by atoms with van der Waals surface area (Å²) in [5, 5.41) is 10.6. The first-order chi connectivity index (χ1) is 9.77. The van der Waals surface area contributed by atoms with Gasteiger partial charge in [-0.05, 0) is 30.5 Å². The van der Waals surface area contributed by atoms with Gasteiger partial charge in [-0.2, -0.15) is 0 Å². The van der Waals surface area contributed by atoms with E-state index in [0.29, 0.717) is 13.2 Å². The Morgan fingerprint density at radius 3 is 2.80 bits per heavy atom. The van der Waals surface area contributed by atoms with Gasteiger partial charge in [-0.1, -0.05) is 24.3 Å². The molecule has 0 aromatic heterocycles. The van der Waals surface area contributed by atoms with Crippen molar-refractivity contribution in [2.75, 3.05) is 26.3 Å². The van der Waals surface area contributed by atoms with Gasteiger partial charge in [0, 0.05) is 12.5 Å². The standard InChI is InChI=1S/C16H21NO3/c18-15-13-5-2-1-4-12(13)10-14(15)17-7-3-6-16(11-17)19-8-9-20-16/h1-2,4-5,14-15,18H,3,6-11H2. The molecule has 1 spiro atoms. The number of aliphatic hydroxyl groups is 1. The summed E-state index contributed by atoms with van der Waals surface area (Å²) in [7, 11) is 0. The molecule has 2 fully saturated rings. The topological polar surface area (TPSA) is 41.9 Å². The lowest BCUT2D eigenvalue weighted by Gasteiger charge is -2.42. The number of hydrogen-bond acceptors (Lipinski definition) is 4. The predicted octanol–water partition coefficient (Wildman–Crippen LogP) is 1.48. The van der Waals surface area contributed by atoms with Crippen LogP contribution >= 0.6 is 0 Å². The van der Waals surface area contributed by atoms with Crippen LogP contribution in [0.1, 0.15) is 30.1 Å². The third kappa shape index (κ3) is 1.99. The molecule has 3 aliphatic rings. The molecule has 108 valence electrons. The van der Waals surface area contributed by atoms with Crippen molar-refractivity contribution in [3.8, 4) is 0 Å². The van der Waals surface area contributed by atoms with Crippen LogP contribution in [-0.4, -0.2) is 48.1 Å². The smallest absolute Gasteiger partial charge is 0.181 e. The van der Waals surface area contributed by atoms with E-state index in [2.05, 4.69) is 17.0 Å². The lowest BCUT2D eigenvalue weighted by atomic mass is 10.0. The fraction of sp³-hybridized carbons (Fsp3) is 0.625. The van der Waals surface area contributed by atoms with Gasteiger partial charge in [0.2, 0.25) is 0 Å². The lowest BCUT2D eigenvalue weighted by molar-refractivity contribution is -0.197. The number of rotatable bonds is 1. The van der Waals surface area contributed by atoms with Crippen LogP contribution < -0.4 is 0 Å². The molecule has 0 bridgehead atoms. The molecule has 2 heterocycles. The molecule has 4 nitrogen and oxygen atoms in total. The summed E-state index contributed by atoms with van der Waals surface area (Å²) in [6, 6.07) is 8.39. The molecule has 0 amide bonds. The Kier molecular flexibility index (Phi) is 3.07. The molecule has 4 rings (SSSR count). The van der Waals surface area contributed by atoms with Crippen molar-refractivity contribution >= 4 is 0 Å². The van der Waals surface area contributed by atoms with Crippen molar-refractivity contribution in [2.45, 2.75) is 37.2 Å². The minimum atomic E-state index is -0.410. The van der Waals surface area contributed by atoms with Crippen molar-refractivity contribution in [1.29, 1.82) is 0 Å². The van der Waals surface area contributed by atoms with Gasteiger partial charge in [0.05, 0.1) is 25.9 Å². The van der Waals surface area contributed by atoms with E-state index in [9.17, 15) is 5.11 Å². The number of likely N-dealkylation sites (tertiary alicyclic amines) is 1. The second-order valence-corrected chi connectivity index (χ2v) is 6.10. The van der Waals surface area contributed by atoms with E-state index in [1.165, 1.54) is 5.56 Å². The minimum Gasteiger partial charge on any atom is -0.387 e. The van der Waals surface area contributed by atoms with E-state index < -0.39 is 5.79 Å². The van der Waals surface area contributed by atoms with Crippen LogP contribution in [0.4, 0.5) is 0 Å². The summed E-state index contributed by atoms with van der Waals surface area (Å²) < 4.78 is 11.7. The van der Waals surface area contributed by atoms with Gasteiger partial charge in [0.25, 0.3) is 0 Å². The maximum atomic E-state index is 10.6. The second kappa shape index (κ2) is 4.81. The van der Waals surface area contributed by atoms with Crippen LogP contribution in [0.2, 0.25) is 0 Å². The number of benzene rings is 1. The quantitative estimate of drug-likeness (QED) is 0.843. The number of piperidine rings is 1. The summed E-state index contributed by atoms with van der Waals surface area (Å²) in [6.45, 7) is 3.19. The summed E-state index contributed by atoms with van der Waals surface area (Å²) in [4.78, 5) is 2.36. The molecule has 1 N–H and O–H groups in total. The zero-order valence-corrected chi connectivity index (χ0v) is 11.6. The molecule has 0 radical (unpaired) electrons. The predicted molar refractivity (Wildman–Crippen MR) is 74.3 cm³/mol. The van der Waals surface area contributed by atoms with Crippen LogP contribution in [0.5, 0.6) is 0 Å². The Bertz CT molecular complexity index is 498. The number of aliphatic hydroxyl groups excluding tert-OH is 1. The molecular weight excluding hydrogens is 254 g/mol. The zero-order valence-electron chi connectivity index (χ0n) is 11.6. The molecule has 0 saturated carbocycles. The van der Waals surface area contributed by atoms with Gasteiger partial charge in [-0.25, -0.2) is 0 Å². The Morgan fingerprint density at radius 2 is 2.00 bits per heavy atom. The molecule has 2 aliphatic heterocycles. The van der Waals surface area contributed by atoms with E-state index in [1.54, 1.807) is 0 Å². The van der Waals surface area contributed by atoms with E-state index in [1.807, 2.05) is 12.1 Å². The summed E-state index contributed by atoms with van der Waals surface area (Å²) in [5.74, 6) is -0.410. The van der Waals surface area contributed by atoms with Crippen molar-refractivity contribution in [2.24, 2.45) is 0 Å². The number of fused-ring (bicyclic) bond motifs is 1. The average molecular weight is 275 g/mol. The second-order valence-electron chi connectivity index (χ2n) is 6.10. The van der Waals surface area contributed by atoms with Crippen LogP contribution in [0.25, 0.3) is 0 Å². The monoisotopic (exact) mass is 275 g/mol. The van der Waals surface area contributed by atoms with Gasteiger partial charge in [0.15, 0.2) is 5.79 Å². The molecule has 4 heteroatoms. The Hall–Kier alpha value is -0.940. The molecule has 1 aromatic carbocycles. The van der Waals surface area contributed by atoms with Crippen LogP contribution in [-0.2, 0) is 15.9 Å². The van der Waals surface area contributed by atoms with Crippen molar-refractivity contribution in [3.63, 3.8) is 0 Å². The van der Waals surface area contributed by atoms with E-state index in [-0.39, 0.29) is 12.1 Å². The molecule has 2 atom stereocenters. The molecular formula is C16H21NO3. The molecule has 20 heavy (non-hydrogen) atoms. The minimum absolute atomic E-state index is 0.164. The fourth-order valence-corrected chi connectivity index (χ4v) is 3.92. The average Bonchev–Trinajstić information content (AvgIpc) is 3.05. The third-order valence-electron chi connectivity index (χ3n) is 4.90. The molecule has 1 aliphatic carbocycles. The highest BCUT2D eigenvalue weighted by Crippen LogP contribution is 2.38. The van der Waals surface area contributed by atoms with Gasteiger partial charge in [-0.15, -0.1) is 0 Å². The largest absolute Gasteiger partial charge is 0.387 e. The van der Waals surface area contributed by atoms with Gasteiger partial charge in [0.1, 0.15) is 0 Å². The zero-order chi connectivity index (χ0) is 13.6. The summed E-state index contributed by atoms with van der Waals surface area (Å²) >= 11 is 0. The van der Waals surface area contributed by atoms with E-state index >= 15 is 0 Å². The SMILES string of the molecule is OC1c2ccccc2CC1N1CCCC2(C1)OCCO2. The Morgan fingerprint density at radius 1 is 1.20 bits per heavy atom. The normalized spacial score (nSPS) is 32.6. The maximum absolute atomic E-state index is 10.6. The van der Waals surface area contributed by atoms with E-state index in [4.69, 9.17) is 9.47 Å². The Balaban J connectivity index is 1.54. The molecule has 2 saturated heterocycles. The first kappa shape index (κ1) is 12.8. The molecule has 1 aromatic rings. The van der Waals surface area contributed by atoms with E-state index in [0.717, 1.165) is 37.9 Å². The van der Waals surface area contributed by atoms with Crippen LogP contribution in [0.3, 0.4) is 0 Å². The number of ether oxygens (including phenoxy) is 2. The third-order valence-corrected chi connectivity index (χ3v) is 4.90. The van der Waals surface area contributed by atoms with Gasteiger partial charge >= 0.3 is 0 Å². The van der Waals surface area contributed by atoms with Crippen molar-refractivity contribution < 1.29 is 14.6 Å². The maximum Gasteiger partial charge on any atom is 0.181 e. The Labute approximate surface area is 119 Å². The first-order valence-corrected chi connectivity index (χ1v) is 7.55. The van der Waals surface area contributed by atoms with Gasteiger partial charge < -0.3 is 14.6 Å². The van der Waals surface area contributed by atoms with Crippen LogP contribution in [0.15, 0.2) is 24.3 Å². The van der Waals surface area contributed by atoms with Crippen molar-refractivity contribution in [3.05, 3.63) is 35.4 Å². The highest BCUT2D eigenvalue weighted by atomic mass is 16.7.